The number of nitrogens with zero attached hydrogens (tertiary/aromatic N) is 1. The van der Waals surface area contributed by atoms with Gasteiger partial charge < -0.3 is 10.3 Å². The second-order valence-corrected chi connectivity index (χ2v) is 3.71. The van der Waals surface area contributed by atoms with Crippen molar-refractivity contribution in [2.75, 3.05) is 0 Å². The Morgan fingerprint density at radius 3 is 2.44 bits per heavy atom. The zero-order valence-corrected chi connectivity index (χ0v) is 8.62. The zero-order valence-electron chi connectivity index (χ0n) is 8.62. The van der Waals surface area contributed by atoms with Crippen LogP contribution in [-0.2, 0) is 7.05 Å². The molecule has 0 saturated heterocycles. The molecule has 0 bridgehead atoms. The second-order valence-electron chi connectivity index (χ2n) is 3.71. The summed E-state index contributed by atoms with van der Waals surface area (Å²) < 4.78 is 39.0. The summed E-state index contributed by atoms with van der Waals surface area (Å²) in [6, 6.07) is 6.64. The third-order valence-electron chi connectivity index (χ3n) is 2.66. The van der Waals surface area contributed by atoms with Crippen LogP contribution in [0.25, 0.3) is 10.9 Å². The maximum atomic E-state index is 12.5. The Labute approximate surface area is 90.5 Å². The average molecular weight is 228 g/mol. The minimum Gasteiger partial charge on any atom is -0.346 e. The van der Waals surface area contributed by atoms with Crippen molar-refractivity contribution in [3.8, 4) is 0 Å². The fourth-order valence-electron chi connectivity index (χ4n) is 1.78. The van der Waals surface area contributed by atoms with E-state index < -0.39 is 12.2 Å². The predicted octanol–water partition coefficient (Wildman–Crippen LogP) is 2.74. The van der Waals surface area contributed by atoms with Crippen molar-refractivity contribution in [1.29, 1.82) is 0 Å². The molecule has 2 N–H and O–H groups in total. The van der Waals surface area contributed by atoms with E-state index in [9.17, 15) is 13.2 Å². The molecule has 0 spiro atoms. The number of aromatic nitrogens is 1. The van der Waals surface area contributed by atoms with Gasteiger partial charge in [-0.15, -0.1) is 0 Å². The van der Waals surface area contributed by atoms with Crippen molar-refractivity contribution in [1.82, 2.24) is 4.57 Å². The number of halogens is 3. The molecule has 0 amide bonds. The van der Waals surface area contributed by atoms with Crippen LogP contribution in [0.3, 0.4) is 0 Å². The fourth-order valence-corrected chi connectivity index (χ4v) is 1.78. The van der Waals surface area contributed by atoms with E-state index in [1.165, 1.54) is 10.6 Å². The highest BCUT2D eigenvalue weighted by Crippen LogP contribution is 2.32. The lowest BCUT2D eigenvalue weighted by Gasteiger charge is -2.16. The third-order valence-corrected chi connectivity index (χ3v) is 2.66. The highest BCUT2D eigenvalue weighted by molar-refractivity contribution is 5.81. The summed E-state index contributed by atoms with van der Waals surface area (Å²) in [6.45, 7) is 0. The lowest BCUT2D eigenvalue weighted by Crippen LogP contribution is -2.30. The monoisotopic (exact) mass is 228 g/mol. The standard InChI is InChI=1S/C11H11F3N2/c1-16-8-5-3-2-4-7(8)6-9(16)10(15)11(12,13)14/h2-6,10H,15H2,1H3. The van der Waals surface area contributed by atoms with Gasteiger partial charge in [0.25, 0.3) is 0 Å². The van der Waals surface area contributed by atoms with Crippen molar-refractivity contribution in [2.45, 2.75) is 12.2 Å². The normalized spacial score (nSPS) is 14.3. The van der Waals surface area contributed by atoms with Gasteiger partial charge in [-0.25, -0.2) is 0 Å². The smallest absolute Gasteiger partial charge is 0.346 e. The summed E-state index contributed by atoms with van der Waals surface area (Å²) in [5, 5.41) is 0.764. The van der Waals surface area contributed by atoms with Crippen LogP contribution in [0.15, 0.2) is 30.3 Å². The quantitative estimate of drug-likeness (QED) is 0.799. The lowest BCUT2D eigenvalue weighted by molar-refractivity contribution is -0.150. The zero-order chi connectivity index (χ0) is 11.9. The van der Waals surface area contributed by atoms with Crippen molar-refractivity contribution < 1.29 is 13.2 Å². The van der Waals surface area contributed by atoms with E-state index in [0.717, 1.165) is 10.9 Å². The average Bonchev–Trinajstić information content (AvgIpc) is 2.54. The fraction of sp³-hybridized carbons (Fsp3) is 0.273. The van der Waals surface area contributed by atoms with Gasteiger partial charge in [-0.2, -0.15) is 13.2 Å². The Balaban J connectivity index is 2.58. The van der Waals surface area contributed by atoms with Gasteiger partial charge in [0, 0.05) is 18.3 Å². The molecular formula is C11H11F3N2. The Hall–Kier alpha value is -1.49. The highest BCUT2D eigenvalue weighted by Gasteiger charge is 2.39. The Bertz CT molecular complexity index is 513. The topological polar surface area (TPSA) is 30.9 Å². The molecule has 16 heavy (non-hydrogen) atoms. The van der Waals surface area contributed by atoms with Crippen molar-refractivity contribution >= 4 is 10.9 Å². The van der Waals surface area contributed by atoms with E-state index in [1.54, 1.807) is 31.3 Å². The number of rotatable bonds is 1. The number of nitrogens with two attached hydrogens (primary N) is 1. The SMILES string of the molecule is Cn1c(C(N)C(F)(F)F)cc2ccccc21. The third kappa shape index (κ3) is 1.67. The molecule has 0 radical (unpaired) electrons. The van der Waals surface area contributed by atoms with Crippen LogP contribution in [0.1, 0.15) is 11.7 Å². The first-order chi connectivity index (χ1) is 7.41. The number of para-hydroxylation sites is 1. The van der Waals surface area contributed by atoms with Gasteiger partial charge >= 0.3 is 6.18 Å². The predicted molar refractivity (Wildman–Crippen MR) is 55.9 cm³/mol. The number of hydrogen-bond donors (Lipinski definition) is 1. The number of aryl methyl sites for hydroxylation is 1. The molecule has 86 valence electrons. The molecule has 0 aliphatic carbocycles. The number of hydrogen-bond acceptors (Lipinski definition) is 1. The lowest BCUT2D eigenvalue weighted by atomic mass is 10.2. The van der Waals surface area contributed by atoms with Crippen molar-refractivity contribution in [3.05, 3.63) is 36.0 Å². The van der Waals surface area contributed by atoms with Crippen molar-refractivity contribution in [2.24, 2.45) is 12.8 Å². The summed E-state index contributed by atoms with van der Waals surface area (Å²) in [5.74, 6) is 0. The van der Waals surface area contributed by atoms with E-state index in [1.807, 2.05) is 0 Å². The van der Waals surface area contributed by atoms with Gasteiger partial charge in [0.15, 0.2) is 0 Å². The first-order valence-electron chi connectivity index (χ1n) is 4.78. The first-order valence-corrected chi connectivity index (χ1v) is 4.78. The molecule has 0 fully saturated rings. The van der Waals surface area contributed by atoms with E-state index in [2.05, 4.69) is 0 Å². The minimum atomic E-state index is -4.41. The summed E-state index contributed by atoms with van der Waals surface area (Å²) in [7, 11) is 1.59. The summed E-state index contributed by atoms with van der Waals surface area (Å²) in [4.78, 5) is 0. The second kappa shape index (κ2) is 3.52. The van der Waals surface area contributed by atoms with Crippen molar-refractivity contribution in [3.63, 3.8) is 0 Å². The van der Waals surface area contributed by atoms with Gasteiger partial charge in [0.1, 0.15) is 6.04 Å². The van der Waals surface area contributed by atoms with E-state index in [0.29, 0.717) is 0 Å². The number of fused-ring (bicyclic) bond motifs is 1. The summed E-state index contributed by atoms with van der Waals surface area (Å²) >= 11 is 0. The molecule has 2 aromatic rings. The van der Waals surface area contributed by atoms with Gasteiger partial charge in [-0.05, 0) is 17.5 Å². The molecule has 0 aliphatic rings. The van der Waals surface area contributed by atoms with Crippen LogP contribution >= 0.6 is 0 Å². The molecule has 1 aromatic heterocycles. The molecule has 2 nitrogen and oxygen atoms in total. The van der Waals surface area contributed by atoms with E-state index in [-0.39, 0.29) is 5.69 Å². The van der Waals surface area contributed by atoms with Gasteiger partial charge in [-0.3, -0.25) is 0 Å². The molecule has 1 heterocycles. The van der Waals surface area contributed by atoms with Gasteiger partial charge in [0.2, 0.25) is 0 Å². The molecule has 5 heteroatoms. The molecule has 1 atom stereocenters. The van der Waals surface area contributed by atoms with Crippen LogP contribution in [-0.4, -0.2) is 10.7 Å². The Kier molecular flexibility index (Phi) is 2.42. The molecule has 1 unspecified atom stereocenters. The van der Waals surface area contributed by atoms with Crippen LogP contribution in [0.4, 0.5) is 13.2 Å². The minimum absolute atomic E-state index is 0.0775. The maximum Gasteiger partial charge on any atom is 0.409 e. The highest BCUT2D eigenvalue weighted by atomic mass is 19.4. The molecule has 0 saturated carbocycles. The molecule has 0 aliphatic heterocycles. The maximum absolute atomic E-state index is 12.5. The first kappa shape index (κ1) is 11.0. The summed E-state index contributed by atoms with van der Waals surface area (Å²) in [5.41, 5.74) is 6.02. The van der Waals surface area contributed by atoms with Gasteiger partial charge in [-0.1, -0.05) is 18.2 Å². The molecule has 1 aromatic carbocycles. The Morgan fingerprint density at radius 1 is 1.25 bits per heavy atom. The molecular weight excluding hydrogens is 217 g/mol. The van der Waals surface area contributed by atoms with Crippen LogP contribution in [0.5, 0.6) is 0 Å². The number of benzene rings is 1. The van der Waals surface area contributed by atoms with Gasteiger partial charge in [0.05, 0.1) is 0 Å². The molecule has 2 rings (SSSR count). The largest absolute Gasteiger partial charge is 0.409 e. The van der Waals surface area contributed by atoms with Crippen LogP contribution in [0.2, 0.25) is 0 Å². The van der Waals surface area contributed by atoms with E-state index in [4.69, 9.17) is 5.73 Å². The van der Waals surface area contributed by atoms with Crippen LogP contribution < -0.4 is 5.73 Å². The van der Waals surface area contributed by atoms with E-state index >= 15 is 0 Å². The van der Waals surface area contributed by atoms with Crippen LogP contribution in [0, 0.1) is 0 Å². The summed E-state index contributed by atoms with van der Waals surface area (Å²) in [6.07, 6.45) is -4.41. The Morgan fingerprint density at radius 2 is 1.88 bits per heavy atom. The number of alkyl halides is 3.